The van der Waals surface area contributed by atoms with Gasteiger partial charge in [0.25, 0.3) is 0 Å². The summed E-state index contributed by atoms with van der Waals surface area (Å²) in [4.78, 5) is 20.3. The molecule has 2 rings (SSSR count). The zero-order valence-corrected chi connectivity index (χ0v) is 11.5. The molecule has 2 aromatic rings. The van der Waals surface area contributed by atoms with Gasteiger partial charge in [0.1, 0.15) is 0 Å². The predicted molar refractivity (Wildman–Crippen MR) is 77.8 cm³/mol. The summed E-state index contributed by atoms with van der Waals surface area (Å²) < 4.78 is 0. The molecule has 0 atom stereocenters. The van der Waals surface area contributed by atoms with Gasteiger partial charge in [-0.3, -0.25) is 14.8 Å². The molecule has 20 heavy (non-hydrogen) atoms. The highest BCUT2D eigenvalue weighted by Crippen LogP contribution is 2.06. The number of amides is 1. The summed E-state index contributed by atoms with van der Waals surface area (Å²) >= 11 is 0. The molecule has 0 saturated heterocycles. The van der Waals surface area contributed by atoms with Crippen molar-refractivity contribution in [2.75, 3.05) is 5.73 Å². The lowest BCUT2D eigenvalue weighted by Crippen LogP contribution is -2.26. The van der Waals surface area contributed by atoms with Crippen molar-refractivity contribution in [1.82, 2.24) is 15.3 Å². The van der Waals surface area contributed by atoms with Crippen molar-refractivity contribution >= 4 is 11.6 Å². The van der Waals surface area contributed by atoms with Crippen molar-refractivity contribution in [3.8, 4) is 0 Å². The van der Waals surface area contributed by atoms with Crippen LogP contribution in [0.4, 0.5) is 5.69 Å². The minimum absolute atomic E-state index is 0.0741. The molecule has 2 heterocycles. The highest BCUT2D eigenvalue weighted by atomic mass is 16.1. The second kappa shape index (κ2) is 6.65. The fraction of sp³-hybridized carbons (Fsp3) is 0.267. The number of nitrogens with two attached hydrogens (primary N) is 1. The molecule has 0 aliphatic rings. The molecule has 0 spiro atoms. The van der Waals surface area contributed by atoms with Crippen LogP contribution in [-0.4, -0.2) is 15.9 Å². The first kappa shape index (κ1) is 14.0. The normalized spacial score (nSPS) is 10.2. The van der Waals surface area contributed by atoms with Gasteiger partial charge in [-0.25, -0.2) is 0 Å². The van der Waals surface area contributed by atoms with E-state index in [9.17, 15) is 4.79 Å². The Morgan fingerprint density at radius 2 is 2.15 bits per heavy atom. The van der Waals surface area contributed by atoms with E-state index in [1.54, 1.807) is 24.5 Å². The molecule has 1 amide bonds. The lowest BCUT2D eigenvalue weighted by Gasteiger charge is -2.08. The van der Waals surface area contributed by atoms with Crippen LogP contribution in [0.3, 0.4) is 0 Å². The molecule has 0 radical (unpaired) electrons. The maximum Gasteiger partial charge on any atom is 0.226 e. The van der Waals surface area contributed by atoms with Crippen LogP contribution in [-0.2, 0) is 24.2 Å². The molecular weight excluding hydrogens is 252 g/mol. The second-order valence-electron chi connectivity index (χ2n) is 4.50. The fourth-order valence-corrected chi connectivity index (χ4v) is 1.90. The highest BCUT2D eigenvalue weighted by molar-refractivity contribution is 5.78. The topological polar surface area (TPSA) is 80.9 Å². The van der Waals surface area contributed by atoms with Crippen LogP contribution in [0.25, 0.3) is 0 Å². The SMILES string of the molecule is CCc1cccnc1CNC(=O)Cc1ccc(N)cn1. The number of aryl methyl sites for hydroxylation is 1. The number of nitrogens with one attached hydrogen (secondary N) is 1. The number of anilines is 1. The van der Waals surface area contributed by atoms with E-state index >= 15 is 0 Å². The average molecular weight is 270 g/mol. The largest absolute Gasteiger partial charge is 0.397 e. The maximum atomic E-state index is 11.9. The Labute approximate surface area is 118 Å². The molecule has 2 aromatic heterocycles. The molecule has 104 valence electrons. The molecule has 0 fully saturated rings. The lowest BCUT2D eigenvalue weighted by molar-refractivity contribution is -0.120. The standard InChI is InChI=1S/C15H18N4O/c1-2-11-4-3-7-17-14(11)10-19-15(20)8-13-6-5-12(16)9-18-13/h3-7,9H,2,8,10,16H2,1H3,(H,19,20). The van der Waals surface area contributed by atoms with Gasteiger partial charge in [0.2, 0.25) is 5.91 Å². The Bertz CT molecular complexity index is 581. The van der Waals surface area contributed by atoms with Crippen LogP contribution in [0, 0.1) is 0 Å². The van der Waals surface area contributed by atoms with Crippen LogP contribution in [0.2, 0.25) is 0 Å². The summed E-state index contributed by atoms with van der Waals surface area (Å²) in [6, 6.07) is 7.43. The zero-order chi connectivity index (χ0) is 14.4. The Morgan fingerprint density at radius 3 is 2.85 bits per heavy atom. The number of hydrogen-bond donors (Lipinski definition) is 2. The van der Waals surface area contributed by atoms with Gasteiger partial charge in [0, 0.05) is 11.9 Å². The van der Waals surface area contributed by atoms with Crippen molar-refractivity contribution in [3.05, 3.63) is 53.6 Å². The van der Waals surface area contributed by atoms with E-state index in [1.165, 1.54) is 0 Å². The highest BCUT2D eigenvalue weighted by Gasteiger charge is 2.06. The molecule has 5 heteroatoms. The first-order chi connectivity index (χ1) is 9.69. The number of carbonyl (C=O) groups excluding carboxylic acids is 1. The zero-order valence-electron chi connectivity index (χ0n) is 11.5. The third-order valence-corrected chi connectivity index (χ3v) is 3.01. The van der Waals surface area contributed by atoms with Crippen molar-refractivity contribution in [1.29, 1.82) is 0 Å². The van der Waals surface area contributed by atoms with Gasteiger partial charge in [0.05, 0.1) is 30.5 Å². The number of rotatable bonds is 5. The molecule has 0 unspecified atom stereocenters. The van der Waals surface area contributed by atoms with Crippen molar-refractivity contribution < 1.29 is 4.79 Å². The predicted octanol–water partition coefficient (Wildman–Crippen LogP) is 1.48. The minimum Gasteiger partial charge on any atom is -0.397 e. The molecule has 0 aromatic carbocycles. The third-order valence-electron chi connectivity index (χ3n) is 3.01. The van der Waals surface area contributed by atoms with Crippen LogP contribution in [0.1, 0.15) is 23.9 Å². The summed E-state index contributed by atoms with van der Waals surface area (Å²) in [7, 11) is 0. The molecular formula is C15H18N4O. The van der Waals surface area contributed by atoms with Gasteiger partial charge in [0.15, 0.2) is 0 Å². The minimum atomic E-state index is -0.0741. The molecule has 0 aliphatic carbocycles. The molecule has 5 nitrogen and oxygen atoms in total. The van der Waals surface area contributed by atoms with E-state index in [-0.39, 0.29) is 12.3 Å². The Balaban J connectivity index is 1.90. The average Bonchev–Trinajstić information content (AvgIpc) is 2.48. The van der Waals surface area contributed by atoms with E-state index in [0.29, 0.717) is 17.9 Å². The number of nitrogen functional groups attached to an aromatic ring is 1. The van der Waals surface area contributed by atoms with Crippen LogP contribution in [0.5, 0.6) is 0 Å². The third kappa shape index (κ3) is 3.78. The van der Waals surface area contributed by atoms with Crippen LogP contribution < -0.4 is 11.1 Å². The summed E-state index contributed by atoms with van der Waals surface area (Å²) in [6.45, 7) is 2.51. The number of nitrogens with zero attached hydrogens (tertiary/aromatic N) is 2. The molecule has 0 saturated carbocycles. The van der Waals surface area contributed by atoms with Gasteiger partial charge < -0.3 is 11.1 Å². The first-order valence-electron chi connectivity index (χ1n) is 6.59. The van der Waals surface area contributed by atoms with Crippen molar-refractivity contribution in [2.45, 2.75) is 26.3 Å². The van der Waals surface area contributed by atoms with E-state index in [4.69, 9.17) is 5.73 Å². The number of pyridine rings is 2. The summed E-state index contributed by atoms with van der Waals surface area (Å²) in [5.41, 5.74) is 8.91. The van der Waals surface area contributed by atoms with Crippen LogP contribution in [0.15, 0.2) is 36.7 Å². The molecule has 3 N–H and O–H groups in total. The summed E-state index contributed by atoms with van der Waals surface area (Å²) in [6.07, 6.45) is 4.44. The smallest absolute Gasteiger partial charge is 0.226 e. The van der Waals surface area contributed by atoms with Crippen molar-refractivity contribution in [3.63, 3.8) is 0 Å². The first-order valence-corrected chi connectivity index (χ1v) is 6.59. The Kier molecular flexibility index (Phi) is 4.65. The summed E-state index contributed by atoms with van der Waals surface area (Å²) in [5, 5.41) is 2.86. The van der Waals surface area contributed by atoms with E-state index in [1.807, 2.05) is 12.1 Å². The van der Waals surface area contributed by atoms with Gasteiger partial charge >= 0.3 is 0 Å². The quantitative estimate of drug-likeness (QED) is 0.862. The van der Waals surface area contributed by atoms with Crippen molar-refractivity contribution in [2.24, 2.45) is 0 Å². The second-order valence-corrected chi connectivity index (χ2v) is 4.50. The number of hydrogen-bond acceptors (Lipinski definition) is 4. The number of carbonyl (C=O) groups is 1. The van der Waals surface area contributed by atoms with E-state index in [2.05, 4.69) is 22.2 Å². The van der Waals surface area contributed by atoms with Gasteiger partial charge in [-0.15, -0.1) is 0 Å². The maximum absolute atomic E-state index is 11.9. The lowest BCUT2D eigenvalue weighted by atomic mass is 10.1. The molecule has 0 aliphatic heterocycles. The molecule has 0 bridgehead atoms. The monoisotopic (exact) mass is 270 g/mol. The summed E-state index contributed by atoms with van der Waals surface area (Å²) in [5.74, 6) is -0.0741. The van der Waals surface area contributed by atoms with Gasteiger partial charge in [-0.1, -0.05) is 13.0 Å². The Hall–Kier alpha value is -2.43. The van der Waals surface area contributed by atoms with Gasteiger partial charge in [-0.2, -0.15) is 0 Å². The van der Waals surface area contributed by atoms with Crippen LogP contribution >= 0.6 is 0 Å². The Morgan fingerprint density at radius 1 is 1.30 bits per heavy atom. The van der Waals surface area contributed by atoms with E-state index in [0.717, 1.165) is 17.7 Å². The fourth-order valence-electron chi connectivity index (χ4n) is 1.90. The number of aromatic nitrogens is 2. The van der Waals surface area contributed by atoms with E-state index < -0.39 is 0 Å². The van der Waals surface area contributed by atoms with Gasteiger partial charge in [-0.05, 0) is 30.2 Å².